The summed E-state index contributed by atoms with van der Waals surface area (Å²) in [5.74, 6) is -0.111. The summed E-state index contributed by atoms with van der Waals surface area (Å²) in [6.45, 7) is 25.6. The highest BCUT2D eigenvalue weighted by atomic mass is 16.7. The zero-order valence-electron chi connectivity index (χ0n) is 45.2. The van der Waals surface area contributed by atoms with E-state index in [1.807, 2.05) is 76.2 Å². The molecule has 9 unspecified atom stereocenters. The van der Waals surface area contributed by atoms with Gasteiger partial charge in [-0.15, -0.1) is 0 Å². The Kier molecular flexibility index (Phi) is 16.8. The van der Waals surface area contributed by atoms with Gasteiger partial charge in [-0.3, -0.25) is 28.8 Å². The molecule has 10 fully saturated rings. The lowest BCUT2D eigenvalue weighted by Gasteiger charge is -2.59. The maximum absolute atomic E-state index is 12.5. The predicted molar refractivity (Wildman–Crippen MR) is 261 cm³/mol. The Labute approximate surface area is 418 Å². The predicted octanol–water partition coefficient (Wildman–Crippen LogP) is 10.2. The maximum atomic E-state index is 12.5. The number of hydrogen-bond donors (Lipinski definition) is 1. The summed E-state index contributed by atoms with van der Waals surface area (Å²) < 4.78 is 38.4. The molecule has 4 heterocycles. The highest BCUT2D eigenvalue weighted by molar-refractivity contribution is 5.79. The highest BCUT2D eigenvalue weighted by Gasteiger charge is 2.65. The van der Waals surface area contributed by atoms with Crippen molar-refractivity contribution in [2.24, 2.45) is 44.8 Å². The van der Waals surface area contributed by atoms with Gasteiger partial charge in [-0.25, -0.2) is 0 Å². The Balaban J connectivity index is 0.000000154. The summed E-state index contributed by atoms with van der Waals surface area (Å²) in [5, 5.41) is 10.6. The minimum absolute atomic E-state index is 0.00525. The lowest BCUT2D eigenvalue weighted by molar-refractivity contribution is -0.225. The zero-order chi connectivity index (χ0) is 51.9. The van der Waals surface area contributed by atoms with Gasteiger partial charge in [-0.05, 0) is 170 Å². The lowest BCUT2D eigenvalue weighted by atomic mass is 9.52. The van der Waals surface area contributed by atoms with Gasteiger partial charge in [-0.2, -0.15) is 0 Å². The van der Waals surface area contributed by atoms with Crippen molar-refractivity contribution in [3.05, 3.63) is 0 Å². The number of aliphatic hydroxyl groups is 1. The van der Waals surface area contributed by atoms with E-state index in [-0.39, 0.29) is 95.1 Å². The number of carbonyl (C=O) groups is 6. The molecule has 14 heteroatoms. The first kappa shape index (κ1) is 56.0. The van der Waals surface area contributed by atoms with Crippen molar-refractivity contribution >= 4 is 35.8 Å². The molecule has 0 radical (unpaired) electrons. The molecule has 14 nitrogen and oxygen atoms in total. The van der Waals surface area contributed by atoms with E-state index >= 15 is 0 Å². The average molecular weight is 987 g/mol. The number of fused-ring (bicyclic) bond motifs is 1. The minimum Gasteiger partial charge on any atom is -0.462 e. The van der Waals surface area contributed by atoms with Crippen molar-refractivity contribution in [2.75, 3.05) is 6.61 Å². The van der Waals surface area contributed by atoms with Crippen molar-refractivity contribution in [1.29, 1.82) is 0 Å². The van der Waals surface area contributed by atoms with Gasteiger partial charge in [0.2, 0.25) is 0 Å². The first-order chi connectivity index (χ1) is 32.5. The lowest BCUT2D eigenvalue weighted by Crippen LogP contribution is -2.61. The fraction of sp³-hybridized carbons (Fsp3) is 0.893. The van der Waals surface area contributed by atoms with E-state index in [2.05, 4.69) is 13.8 Å². The highest BCUT2D eigenvalue weighted by Crippen LogP contribution is 2.60. The van der Waals surface area contributed by atoms with Gasteiger partial charge in [0.25, 0.3) is 0 Å². The Morgan fingerprint density at radius 1 is 0.643 bits per heavy atom. The molecule has 0 aromatic carbocycles. The van der Waals surface area contributed by atoms with Gasteiger partial charge in [0.15, 0.2) is 12.2 Å². The Morgan fingerprint density at radius 3 is 1.61 bits per heavy atom. The molecule has 6 bridgehead atoms. The van der Waals surface area contributed by atoms with Crippen LogP contribution in [0.3, 0.4) is 0 Å². The smallest absolute Gasteiger partial charge is 0.312 e. The van der Waals surface area contributed by atoms with Gasteiger partial charge >= 0.3 is 35.8 Å². The first-order valence-electron chi connectivity index (χ1n) is 27.1. The molecule has 1 N–H and O–H groups in total. The molecule has 0 aromatic heterocycles. The largest absolute Gasteiger partial charge is 0.462 e. The van der Waals surface area contributed by atoms with E-state index in [0.29, 0.717) is 37.5 Å². The van der Waals surface area contributed by atoms with E-state index in [1.54, 1.807) is 0 Å². The van der Waals surface area contributed by atoms with Gasteiger partial charge in [0.1, 0.15) is 30.0 Å². The van der Waals surface area contributed by atoms with Crippen molar-refractivity contribution in [1.82, 2.24) is 0 Å². The monoisotopic (exact) mass is 987 g/mol. The average Bonchev–Trinajstić information content (AvgIpc) is 4.13. The van der Waals surface area contributed by atoms with E-state index < -0.39 is 34.1 Å². The molecule has 10 rings (SSSR count). The fourth-order valence-corrected chi connectivity index (χ4v) is 12.5. The molecule has 9 atom stereocenters. The van der Waals surface area contributed by atoms with Crippen molar-refractivity contribution < 1.29 is 67.0 Å². The van der Waals surface area contributed by atoms with Crippen LogP contribution in [0.5, 0.6) is 0 Å². The SMILES string of the molecule is CCC(C)(C)C(=O)OC1(C)CCCCC12CCCC2.CCC(C)(C)C(=O)OC12CC3CC(CC(O)(C3)C1)C2.CCC(C)(C)C(=O)OC1C2CC3C(=O)OC1C3O2.CCC(C)(C)C(=O)OC1COC(=O)C1. The summed E-state index contributed by atoms with van der Waals surface area (Å²) in [4.78, 5) is 70.8. The van der Waals surface area contributed by atoms with Gasteiger partial charge in [-0.1, -0.05) is 47.0 Å². The van der Waals surface area contributed by atoms with Crippen molar-refractivity contribution in [2.45, 2.75) is 266 Å². The van der Waals surface area contributed by atoms with E-state index in [4.69, 9.17) is 33.2 Å². The second-order valence-corrected chi connectivity index (χ2v) is 25.7. The normalized spacial score (nSPS) is 35.3. The van der Waals surface area contributed by atoms with Crippen molar-refractivity contribution in [3.63, 3.8) is 0 Å². The zero-order valence-corrected chi connectivity index (χ0v) is 45.2. The third-order valence-electron chi connectivity index (χ3n) is 18.7. The molecule has 6 saturated carbocycles. The summed E-state index contributed by atoms with van der Waals surface area (Å²) in [6.07, 6.45) is 17.9. The summed E-state index contributed by atoms with van der Waals surface area (Å²) in [7, 11) is 0. The molecule has 398 valence electrons. The van der Waals surface area contributed by atoms with Crippen LogP contribution in [0, 0.1) is 44.8 Å². The molecule has 10 aliphatic rings. The quantitative estimate of drug-likeness (QED) is 0.144. The first-order valence-corrected chi connectivity index (χ1v) is 27.1. The topological polar surface area (TPSA) is 187 Å². The van der Waals surface area contributed by atoms with Crippen LogP contribution >= 0.6 is 0 Å². The summed E-state index contributed by atoms with van der Waals surface area (Å²) >= 11 is 0. The number of hydrogen-bond acceptors (Lipinski definition) is 14. The number of esters is 6. The Morgan fingerprint density at radius 2 is 1.13 bits per heavy atom. The van der Waals surface area contributed by atoms with Crippen LogP contribution in [0.1, 0.15) is 218 Å². The van der Waals surface area contributed by atoms with E-state index in [1.165, 1.54) is 51.4 Å². The summed E-state index contributed by atoms with van der Waals surface area (Å²) in [5.41, 5.74) is -2.60. The third kappa shape index (κ3) is 11.9. The van der Waals surface area contributed by atoms with Crippen LogP contribution in [0.4, 0.5) is 0 Å². The number of carbonyl (C=O) groups excluding carboxylic acids is 6. The van der Waals surface area contributed by atoms with Crippen LogP contribution < -0.4 is 0 Å². The van der Waals surface area contributed by atoms with Crippen LogP contribution in [0.25, 0.3) is 0 Å². The van der Waals surface area contributed by atoms with E-state index in [9.17, 15) is 33.9 Å². The fourth-order valence-electron chi connectivity index (χ4n) is 12.5. The van der Waals surface area contributed by atoms with Crippen LogP contribution in [-0.4, -0.2) is 94.9 Å². The van der Waals surface area contributed by atoms with Crippen LogP contribution in [0.2, 0.25) is 0 Å². The minimum atomic E-state index is -0.555. The second kappa shape index (κ2) is 20.9. The molecule has 4 saturated heterocycles. The standard InChI is InChI=1S/C17H30O2.C16H26O3.C13H18O5.C10H16O4/c1-5-15(2,3)14(18)19-16(4)10-6-7-11-17(16)12-8-9-13-17;1-4-14(2,3)13(17)19-16-8-11-5-12(9-16)7-15(18,6-11)10-16;1-4-13(2,3)12(15)18-9-7-5-6-8(16-7)10(9)17-11(6)14;1-4-10(2,3)9(12)14-7-5-8(11)13-6-7/h5-13H2,1-4H3;11-12,18H,4-10H2,1-3H3;6-10H,4-5H2,1-3H3;7H,4-6H2,1-3H3. The number of cyclic esters (lactones) is 1. The third-order valence-corrected chi connectivity index (χ3v) is 18.7. The Hall–Kier alpha value is -3.26. The van der Waals surface area contributed by atoms with Gasteiger partial charge < -0.3 is 38.3 Å². The Bertz CT molecular complexity index is 1910. The molecule has 4 aliphatic heterocycles. The molecular formula is C56H90O14. The maximum Gasteiger partial charge on any atom is 0.312 e. The molecule has 6 aliphatic carbocycles. The van der Waals surface area contributed by atoms with Gasteiger partial charge in [0, 0.05) is 11.8 Å². The molecule has 0 aromatic rings. The summed E-state index contributed by atoms with van der Waals surface area (Å²) in [6, 6.07) is 0. The van der Waals surface area contributed by atoms with Gasteiger partial charge in [0.05, 0.1) is 45.7 Å². The molecule has 70 heavy (non-hydrogen) atoms. The molecule has 1 spiro atoms. The number of rotatable bonds is 12. The van der Waals surface area contributed by atoms with Crippen molar-refractivity contribution in [3.8, 4) is 0 Å². The van der Waals surface area contributed by atoms with Crippen LogP contribution in [-0.2, 0) is 61.9 Å². The number of ether oxygens (including phenoxy) is 7. The molecular weight excluding hydrogens is 897 g/mol. The molecule has 0 amide bonds. The van der Waals surface area contributed by atoms with Crippen LogP contribution in [0.15, 0.2) is 0 Å². The second-order valence-electron chi connectivity index (χ2n) is 25.7. The van der Waals surface area contributed by atoms with E-state index in [0.717, 1.165) is 44.9 Å².